The summed E-state index contributed by atoms with van der Waals surface area (Å²) in [4.78, 5) is 13.5. The predicted octanol–water partition coefficient (Wildman–Crippen LogP) is 5.88. The molecule has 2 aromatic carbocycles. The first-order chi connectivity index (χ1) is 13.8. The predicted molar refractivity (Wildman–Crippen MR) is 118 cm³/mol. The molecule has 2 N–H and O–H groups in total. The van der Waals surface area contributed by atoms with Crippen LogP contribution in [0.5, 0.6) is 11.5 Å². The van der Waals surface area contributed by atoms with Gasteiger partial charge in [0.15, 0.2) is 0 Å². The lowest BCUT2D eigenvalue weighted by Gasteiger charge is -2.26. The lowest BCUT2D eigenvalue weighted by molar-refractivity contribution is -0.127. The van der Waals surface area contributed by atoms with Crippen LogP contribution in [0.2, 0.25) is 0 Å². The van der Waals surface area contributed by atoms with Crippen LogP contribution in [0.15, 0.2) is 24.3 Å². The molecule has 0 radical (unpaired) electrons. The highest BCUT2D eigenvalue weighted by Gasteiger charge is 2.29. The molecule has 2 aromatic rings. The van der Waals surface area contributed by atoms with Crippen molar-refractivity contribution in [3.05, 3.63) is 57.6 Å². The maximum atomic E-state index is 13.5. The topological polar surface area (TPSA) is 57.5 Å². The highest BCUT2D eigenvalue weighted by molar-refractivity contribution is 5.84. The third kappa shape index (κ3) is 5.01. The van der Waals surface area contributed by atoms with Crippen molar-refractivity contribution in [2.75, 3.05) is 0 Å². The van der Waals surface area contributed by atoms with Crippen LogP contribution in [-0.2, 0) is 17.6 Å². The first-order valence-electron chi connectivity index (χ1n) is 10.9. The summed E-state index contributed by atoms with van der Waals surface area (Å²) in [6.45, 7) is 7.68. The molecule has 2 atom stereocenters. The number of benzene rings is 2. The summed E-state index contributed by atoms with van der Waals surface area (Å²) in [6.07, 6.45) is 6.80. The van der Waals surface area contributed by atoms with Crippen LogP contribution in [0.25, 0.3) is 0 Å². The zero-order valence-electron chi connectivity index (χ0n) is 18.2. The van der Waals surface area contributed by atoms with Crippen molar-refractivity contribution in [2.24, 2.45) is 11.8 Å². The fraction of sp³-hybridized carbons (Fsp3) is 0.500. The maximum absolute atomic E-state index is 13.5. The molecule has 3 heteroatoms. The van der Waals surface area contributed by atoms with E-state index in [0.29, 0.717) is 17.3 Å². The van der Waals surface area contributed by atoms with Crippen LogP contribution < -0.4 is 0 Å². The molecule has 3 nitrogen and oxygen atoms in total. The van der Waals surface area contributed by atoms with E-state index in [-0.39, 0.29) is 11.8 Å². The molecule has 0 aliphatic heterocycles. The number of aromatic hydroxyl groups is 2. The Labute approximate surface area is 174 Å². The van der Waals surface area contributed by atoms with Crippen molar-refractivity contribution in [2.45, 2.75) is 72.6 Å². The molecular weight excluding hydrogens is 360 g/mol. The molecule has 156 valence electrons. The zero-order chi connectivity index (χ0) is 21.1. The maximum Gasteiger partial charge on any atom is 0.139 e. The highest BCUT2D eigenvalue weighted by atomic mass is 16.3. The van der Waals surface area contributed by atoms with E-state index in [1.54, 1.807) is 0 Å². The minimum atomic E-state index is 0.0444. The van der Waals surface area contributed by atoms with E-state index < -0.39 is 0 Å². The Balaban J connectivity index is 1.81. The van der Waals surface area contributed by atoms with Gasteiger partial charge in [-0.25, -0.2) is 0 Å². The average Bonchev–Trinajstić information content (AvgIpc) is 2.66. The summed E-state index contributed by atoms with van der Waals surface area (Å²) in [5.74, 6) is 1.18. The van der Waals surface area contributed by atoms with Crippen molar-refractivity contribution >= 4 is 5.78 Å². The van der Waals surface area contributed by atoms with Crippen LogP contribution in [0, 0.1) is 39.5 Å². The lowest BCUT2D eigenvalue weighted by atomic mass is 9.77. The van der Waals surface area contributed by atoms with Crippen LogP contribution in [0.3, 0.4) is 0 Å². The first kappa shape index (κ1) is 21.4. The van der Waals surface area contributed by atoms with Gasteiger partial charge >= 0.3 is 0 Å². The number of Topliss-reactive ketones (excluding diaryl/α,β-unsaturated/α-hetero) is 1. The van der Waals surface area contributed by atoms with Crippen molar-refractivity contribution < 1.29 is 15.0 Å². The monoisotopic (exact) mass is 394 g/mol. The third-order valence-electron chi connectivity index (χ3n) is 6.48. The summed E-state index contributed by atoms with van der Waals surface area (Å²) in [6, 6.07) is 8.10. The Morgan fingerprint density at radius 2 is 1.03 bits per heavy atom. The lowest BCUT2D eigenvalue weighted by Crippen LogP contribution is -2.28. The molecule has 0 bridgehead atoms. The Kier molecular flexibility index (Phi) is 6.66. The molecule has 1 saturated carbocycles. The van der Waals surface area contributed by atoms with E-state index in [4.69, 9.17) is 0 Å². The van der Waals surface area contributed by atoms with Crippen molar-refractivity contribution in [1.82, 2.24) is 0 Å². The third-order valence-corrected chi connectivity index (χ3v) is 6.48. The normalized spacial score (nSPS) is 20.3. The number of hydrogen-bond donors (Lipinski definition) is 2. The quantitative estimate of drug-likeness (QED) is 0.680. The number of phenolic OH excluding ortho intramolecular Hbond substituents is 2. The number of ketones is 1. The molecule has 0 aromatic heterocycles. The minimum absolute atomic E-state index is 0.0444. The molecule has 1 aliphatic rings. The van der Waals surface area contributed by atoms with Crippen LogP contribution in [-0.4, -0.2) is 16.0 Å². The number of aryl methyl sites for hydroxylation is 4. The highest BCUT2D eigenvalue weighted by Crippen LogP contribution is 2.32. The van der Waals surface area contributed by atoms with E-state index in [2.05, 4.69) is 0 Å². The summed E-state index contributed by atoms with van der Waals surface area (Å²) in [7, 11) is 0. The Hall–Kier alpha value is -2.29. The summed E-state index contributed by atoms with van der Waals surface area (Å²) >= 11 is 0. The molecule has 3 rings (SSSR count). The fourth-order valence-electron chi connectivity index (χ4n) is 4.88. The van der Waals surface area contributed by atoms with Gasteiger partial charge in [-0.15, -0.1) is 0 Å². The van der Waals surface area contributed by atoms with Gasteiger partial charge in [0.25, 0.3) is 0 Å². The summed E-state index contributed by atoms with van der Waals surface area (Å²) in [5.41, 5.74) is 5.81. The van der Waals surface area contributed by atoms with Crippen LogP contribution in [0.1, 0.15) is 65.5 Å². The molecule has 0 saturated heterocycles. The standard InChI is InChI=1S/C26H34O3/c1-16-10-20(11-17(2)24(16)27)14-22-8-6-5-7-9-23(26(22)29)15-21-12-18(3)25(28)19(4)13-21/h10-13,22-23,27-28H,5-9,14-15H2,1-4H3. The largest absolute Gasteiger partial charge is 0.507 e. The van der Waals surface area contributed by atoms with Gasteiger partial charge in [0.1, 0.15) is 17.3 Å². The molecule has 29 heavy (non-hydrogen) atoms. The SMILES string of the molecule is Cc1cc(CC2CCCCCC(Cc3cc(C)c(O)c(C)c3)C2=O)cc(C)c1O. The first-order valence-corrected chi connectivity index (χ1v) is 10.9. The molecule has 0 heterocycles. The van der Waals surface area contributed by atoms with Gasteiger partial charge in [0, 0.05) is 11.8 Å². The smallest absolute Gasteiger partial charge is 0.139 e. The van der Waals surface area contributed by atoms with E-state index in [0.717, 1.165) is 71.9 Å². The van der Waals surface area contributed by atoms with Gasteiger partial charge in [0.05, 0.1) is 0 Å². The van der Waals surface area contributed by atoms with Gasteiger partial charge in [-0.1, -0.05) is 43.5 Å². The molecule has 2 unspecified atom stereocenters. The van der Waals surface area contributed by atoms with E-state index in [1.807, 2.05) is 52.0 Å². The Morgan fingerprint density at radius 1 is 0.690 bits per heavy atom. The van der Waals surface area contributed by atoms with Crippen molar-refractivity contribution in [1.29, 1.82) is 0 Å². The minimum Gasteiger partial charge on any atom is -0.507 e. The molecule has 0 amide bonds. The molecule has 0 spiro atoms. The van der Waals surface area contributed by atoms with Gasteiger partial charge in [-0.05, 0) is 86.8 Å². The van der Waals surface area contributed by atoms with Gasteiger partial charge in [-0.2, -0.15) is 0 Å². The van der Waals surface area contributed by atoms with E-state index in [9.17, 15) is 15.0 Å². The fourth-order valence-corrected chi connectivity index (χ4v) is 4.88. The number of rotatable bonds is 4. The number of carbonyl (C=O) groups excluding carboxylic acids is 1. The summed E-state index contributed by atoms with van der Waals surface area (Å²) < 4.78 is 0. The summed E-state index contributed by atoms with van der Waals surface area (Å²) in [5, 5.41) is 20.1. The second-order valence-electron chi connectivity index (χ2n) is 9.00. The second kappa shape index (κ2) is 9.02. The second-order valence-corrected chi connectivity index (χ2v) is 9.00. The molecule has 1 aliphatic carbocycles. The zero-order valence-corrected chi connectivity index (χ0v) is 18.2. The molecular formula is C26H34O3. The van der Waals surface area contributed by atoms with Crippen molar-refractivity contribution in [3.8, 4) is 11.5 Å². The van der Waals surface area contributed by atoms with Crippen LogP contribution >= 0.6 is 0 Å². The van der Waals surface area contributed by atoms with Gasteiger partial charge in [0.2, 0.25) is 0 Å². The average molecular weight is 395 g/mol. The van der Waals surface area contributed by atoms with Crippen molar-refractivity contribution in [3.63, 3.8) is 0 Å². The van der Waals surface area contributed by atoms with E-state index >= 15 is 0 Å². The number of phenols is 2. The Morgan fingerprint density at radius 3 is 1.38 bits per heavy atom. The van der Waals surface area contributed by atoms with Gasteiger partial charge < -0.3 is 10.2 Å². The van der Waals surface area contributed by atoms with E-state index in [1.165, 1.54) is 6.42 Å². The Bertz CT molecular complexity index is 779. The molecule has 1 fully saturated rings. The van der Waals surface area contributed by atoms with Gasteiger partial charge in [-0.3, -0.25) is 4.79 Å². The number of hydrogen-bond acceptors (Lipinski definition) is 3. The van der Waals surface area contributed by atoms with Crippen LogP contribution in [0.4, 0.5) is 0 Å². The number of carbonyl (C=O) groups is 1.